The molecule has 0 aliphatic heterocycles. The molecule has 0 saturated carbocycles. The summed E-state index contributed by atoms with van der Waals surface area (Å²) in [7, 11) is 0. The zero-order valence-corrected chi connectivity index (χ0v) is 12.7. The van der Waals surface area contributed by atoms with E-state index in [1.165, 1.54) is 0 Å². The second-order valence-electron chi connectivity index (χ2n) is 5.29. The minimum Gasteiger partial charge on any atom is -0.352 e. The van der Waals surface area contributed by atoms with E-state index >= 15 is 0 Å². The molecule has 0 aliphatic carbocycles. The molecule has 22 heavy (non-hydrogen) atoms. The van der Waals surface area contributed by atoms with Crippen molar-refractivity contribution in [1.82, 2.24) is 20.0 Å². The van der Waals surface area contributed by atoms with Gasteiger partial charge in [0, 0.05) is 12.4 Å². The number of carbonyl (C=O) groups excluding carboxylic acids is 2. The monoisotopic (exact) mass is 303 g/mol. The molecular formula is C15H21N5O2. The van der Waals surface area contributed by atoms with E-state index in [4.69, 9.17) is 5.73 Å². The van der Waals surface area contributed by atoms with Gasteiger partial charge in [0.2, 0.25) is 5.91 Å². The number of hydrogen-bond acceptors (Lipinski definition) is 3. The number of nitrogens with two attached hydrogens (primary N) is 1. The first-order valence-corrected chi connectivity index (χ1v) is 7.27. The molecule has 0 spiro atoms. The van der Waals surface area contributed by atoms with Gasteiger partial charge in [0.15, 0.2) is 0 Å². The molecule has 4 N–H and O–H groups in total. The number of imidazole rings is 1. The van der Waals surface area contributed by atoms with Crippen LogP contribution >= 0.6 is 0 Å². The fourth-order valence-corrected chi connectivity index (χ4v) is 2.22. The van der Waals surface area contributed by atoms with E-state index in [-0.39, 0.29) is 11.8 Å². The van der Waals surface area contributed by atoms with Crippen LogP contribution < -0.4 is 16.4 Å². The summed E-state index contributed by atoms with van der Waals surface area (Å²) in [6.45, 7) is 4.15. The summed E-state index contributed by atoms with van der Waals surface area (Å²) in [6.07, 6.45) is 4.51. The minimum absolute atomic E-state index is 0.00595. The van der Waals surface area contributed by atoms with E-state index in [9.17, 15) is 9.59 Å². The predicted octanol–water partition coefficient (Wildman–Crippen LogP) is 1.03. The highest BCUT2D eigenvalue weighted by molar-refractivity contribution is 5.86. The Kier molecular flexibility index (Phi) is 4.98. The van der Waals surface area contributed by atoms with Gasteiger partial charge < -0.3 is 20.8 Å². The topological polar surface area (TPSA) is 102 Å². The van der Waals surface area contributed by atoms with Crippen LogP contribution in [0.25, 0.3) is 5.65 Å². The normalized spacial score (nSPS) is 13.5. The number of urea groups is 1. The largest absolute Gasteiger partial charge is 0.352 e. The third kappa shape index (κ3) is 3.75. The van der Waals surface area contributed by atoms with Crippen molar-refractivity contribution in [3.63, 3.8) is 0 Å². The standard InChI is InChI=1S/C15H21N5O2/c1-3-10(2)13(19-15(16)22)14(21)17-8-11-9-20-7-5-4-6-12(20)18-11/h4-7,9-10,13H,3,8H2,1-2H3,(H,17,21)(H3,16,19,22)/t10-,13-/m0/s1. The highest BCUT2D eigenvalue weighted by atomic mass is 16.2. The molecule has 0 radical (unpaired) electrons. The van der Waals surface area contributed by atoms with Crippen LogP contribution in [0.15, 0.2) is 30.6 Å². The average Bonchev–Trinajstić information content (AvgIpc) is 2.92. The van der Waals surface area contributed by atoms with Crippen molar-refractivity contribution in [3.8, 4) is 0 Å². The van der Waals surface area contributed by atoms with E-state index in [1.807, 2.05) is 48.8 Å². The molecule has 0 saturated heterocycles. The van der Waals surface area contributed by atoms with Crippen LogP contribution in [-0.4, -0.2) is 27.4 Å². The maximum atomic E-state index is 12.3. The van der Waals surface area contributed by atoms with E-state index in [1.54, 1.807) is 0 Å². The molecule has 3 amide bonds. The molecule has 0 bridgehead atoms. The fraction of sp³-hybridized carbons (Fsp3) is 0.400. The summed E-state index contributed by atoms with van der Waals surface area (Å²) < 4.78 is 1.88. The summed E-state index contributed by atoms with van der Waals surface area (Å²) in [5, 5.41) is 5.29. The quantitative estimate of drug-likeness (QED) is 0.743. The van der Waals surface area contributed by atoms with Crippen molar-refractivity contribution in [3.05, 3.63) is 36.3 Å². The Morgan fingerprint density at radius 1 is 1.41 bits per heavy atom. The lowest BCUT2D eigenvalue weighted by Crippen LogP contribution is -2.51. The van der Waals surface area contributed by atoms with Gasteiger partial charge in [0.05, 0.1) is 12.2 Å². The van der Waals surface area contributed by atoms with E-state index in [0.717, 1.165) is 17.8 Å². The van der Waals surface area contributed by atoms with Crippen LogP contribution in [0.4, 0.5) is 4.79 Å². The van der Waals surface area contributed by atoms with Gasteiger partial charge in [-0.2, -0.15) is 0 Å². The van der Waals surface area contributed by atoms with Crippen molar-refractivity contribution in [2.24, 2.45) is 11.7 Å². The maximum absolute atomic E-state index is 12.3. The lowest BCUT2D eigenvalue weighted by molar-refractivity contribution is -0.124. The van der Waals surface area contributed by atoms with Crippen molar-refractivity contribution in [1.29, 1.82) is 0 Å². The number of nitrogens with zero attached hydrogens (tertiary/aromatic N) is 2. The Balaban J connectivity index is 2.01. The van der Waals surface area contributed by atoms with Gasteiger partial charge in [-0.05, 0) is 18.1 Å². The van der Waals surface area contributed by atoms with Crippen LogP contribution in [-0.2, 0) is 11.3 Å². The number of fused-ring (bicyclic) bond motifs is 1. The number of primary amides is 1. The highest BCUT2D eigenvalue weighted by Crippen LogP contribution is 2.09. The van der Waals surface area contributed by atoms with Gasteiger partial charge in [-0.1, -0.05) is 26.3 Å². The molecule has 2 rings (SSSR count). The third-order valence-corrected chi connectivity index (χ3v) is 3.65. The van der Waals surface area contributed by atoms with Crippen LogP contribution in [0, 0.1) is 5.92 Å². The molecule has 2 heterocycles. The molecule has 118 valence electrons. The summed E-state index contributed by atoms with van der Waals surface area (Å²) in [5.74, 6) is -0.265. The van der Waals surface area contributed by atoms with Gasteiger partial charge in [-0.3, -0.25) is 4.79 Å². The number of hydrogen-bond donors (Lipinski definition) is 3. The smallest absolute Gasteiger partial charge is 0.312 e. The first-order valence-electron chi connectivity index (χ1n) is 7.27. The molecule has 7 heteroatoms. The van der Waals surface area contributed by atoms with Crippen molar-refractivity contribution in [2.75, 3.05) is 0 Å². The van der Waals surface area contributed by atoms with Gasteiger partial charge >= 0.3 is 6.03 Å². The zero-order valence-electron chi connectivity index (χ0n) is 12.7. The molecule has 0 aliphatic rings. The molecular weight excluding hydrogens is 282 g/mol. The Bertz CT molecular complexity index is 634. The van der Waals surface area contributed by atoms with Crippen molar-refractivity contribution < 1.29 is 9.59 Å². The van der Waals surface area contributed by atoms with Crippen molar-refractivity contribution >= 4 is 17.6 Å². The van der Waals surface area contributed by atoms with Gasteiger partial charge in [-0.15, -0.1) is 0 Å². The molecule has 2 aromatic heterocycles. The lowest BCUT2D eigenvalue weighted by atomic mass is 9.98. The number of carbonyl (C=O) groups is 2. The Morgan fingerprint density at radius 2 is 2.18 bits per heavy atom. The van der Waals surface area contributed by atoms with Gasteiger partial charge in [0.25, 0.3) is 0 Å². The SMILES string of the molecule is CC[C@H](C)[C@H](NC(N)=O)C(=O)NCc1cn2ccccc2n1. The van der Waals surface area contributed by atoms with E-state index in [2.05, 4.69) is 15.6 Å². The molecule has 0 unspecified atom stereocenters. The molecule has 0 fully saturated rings. The second-order valence-corrected chi connectivity index (χ2v) is 5.29. The van der Waals surface area contributed by atoms with Crippen LogP contribution in [0.1, 0.15) is 26.0 Å². The third-order valence-electron chi connectivity index (χ3n) is 3.65. The molecule has 2 atom stereocenters. The van der Waals surface area contributed by atoms with Crippen LogP contribution in [0.3, 0.4) is 0 Å². The number of rotatable bonds is 6. The summed E-state index contributed by atoms with van der Waals surface area (Å²) in [6, 6.07) is 4.36. The minimum atomic E-state index is -0.701. The highest BCUT2D eigenvalue weighted by Gasteiger charge is 2.24. The first kappa shape index (κ1) is 15.8. The number of nitrogens with one attached hydrogen (secondary N) is 2. The summed E-state index contributed by atoms with van der Waals surface area (Å²) >= 11 is 0. The predicted molar refractivity (Wildman–Crippen MR) is 83.0 cm³/mol. The summed E-state index contributed by atoms with van der Waals surface area (Å²) in [5.41, 5.74) is 6.71. The summed E-state index contributed by atoms with van der Waals surface area (Å²) in [4.78, 5) is 27.7. The van der Waals surface area contributed by atoms with Crippen molar-refractivity contribution in [2.45, 2.75) is 32.9 Å². The second kappa shape index (κ2) is 6.93. The number of aromatic nitrogens is 2. The Morgan fingerprint density at radius 3 is 2.82 bits per heavy atom. The van der Waals surface area contributed by atoms with Gasteiger partial charge in [-0.25, -0.2) is 9.78 Å². The Labute approximate surface area is 128 Å². The zero-order chi connectivity index (χ0) is 16.1. The average molecular weight is 303 g/mol. The van der Waals surface area contributed by atoms with E-state index < -0.39 is 12.1 Å². The lowest BCUT2D eigenvalue weighted by Gasteiger charge is -2.22. The molecule has 2 aromatic rings. The van der Waals surface area contributed by atoms with E-state index in [0.29, 0.717) is 6.54 Å². The molecule has 7 nitrogen and oxygen atoms in total. The fourth-order valence-electron chi connectivity index (χ4n) is 2.22. The first-order chi connectivity index (χ1) is 10.5. The van der Waals surface area contributed by atoms with Crippen LogP contribution in [0.5, 0.6) is 0 Å². The Hall–Kier alpha value is -2.57. The van der Waals surface area contributed by atoms with Crippen LogP contribution in [0.2, 0.25) is 0 Å². The number of amides is 3. The molecule has 0 aromatic carbocycles. The number of pyridine rings is 1. The van der Waals surface area contributed by atoms with Gasteiger partial charge in [0.1, 0.15) is 11.7 Å². The maximum Gasteiger partial charge on any atom is 0.312 e.